The molecule has 0 aromatic heterocycles. The molecule has 21 heavy (non-hydrogen) atoms. The maximum atomic E-state index is 6.42. The molecule has 0 unspecified atom stereocenters. The Hall–Kier alpha value is 1.08. The van der Waals surface area contributed by atoms with Crippen molar-refractivity contribution in [3.05, 3.63) is 0 Å². The zero-order chi connectivity index (χ0) is 17.7. The van der Waals surface area contributed by atoms with E-state index in [1.165, 1.54) is 0 Å². The molecule has 0 saturated heterocycles. The molecule has 0 amide bonds. The lowest BCUT2D eigenvalue weighted by atomic mass is 10.2. The molecule has 0 fully saturated rings. The van der Waals surface area contributed by atoms with E-state index in [0.29, 0.717) is 0 Å². The zero-order valence-corrected chi connectivity index (χ0v) is 21.8. The van der Waals surface area contributed by atoms with Crippen molar-refractivity contribution in [1.82, 2.24) is 0 Å². The van der Waals surface area contributed by atoms with Crippen LogP contribution in [0.15, 0.2) is 0 Å². The normalized spacial score (nSPS) is 14.6. The Balaban J connectivity index is 0. The maximum absolute atomic E-state index is 6.42. The topological polar surface area (TPSA) is 18.5 Å². The van der Waals surface area contributed by atoms with Gasteiger partial charge in [0, 0.05) is 0 Å². The summed E-state index contributed by atoms with van der Waals surface area (Å²) in [6.07, 6.45) is 0. The first-order valence-corrected chi connectivity index (χ1v) is 19.4. The Bertz CT molecular complexity index is 268. The van der Waals surface area contributed by atoms with E-state index in [9.17, 15) is 0 Å². The van der Waals surface area contributed by atoms with Crippen LogP contribution in [0, 0.1) is 0 Å². The molecule has 0 aromatic carbocycles. The third-order valence-electron chi connectivity index (χ3n) is 4.53. The fourth-order valence-corrected chi connectivity index (χ4v) is 11.3. The highest BCUT2D eigenvalue weighted by Gasteiger charge is 2.42. The van der Waals surface area contributed by atoms with E-state index >= 15 is 0 Å². The highest BCUT2D eigenvalue weighted by Crippen LogP contribution is 2.39. The molecule has 0 spiro atoms. The van der Waals surface area contributed by atoms with Crippen LogP contribution >= 0.6 is 11.1 Å². The van der Waals surface area contributed by atoms with Crippen molar-refractivity contribution in [2.24, 2.45) is 0 Å². The molecule has 0 bridgehead atoms. The van der Waals surface area contributed by atoms with Crippen LogP contribution in [0.1, 0.15) is 41.5 Å². The molecule has 0 aromatic rings. The van der Waals surface area contributed by atoms with Crippen LogP contribution in [-0.2, 0) is 8.23 Å². The monoisotopic (exact) mass is 386 g/mol. The highest BCUT2D eigenvalue weighted by molar-refractivity contribution is 6.92. The standard InChI is InChI=1S/C13H34O2Si3.CH5ClSi/c1-12(2,3)17(8,9)14-16(7)15-18(10,11)13(4,5)6;1-3-2/h16H,1-11H3;3H2,1H3. The molecule has 0 aliphatic rings. The fourth-order valence-electron chi connectivity index (χ4n) is 1.21. The van der Waals surface area contributed by atoms with Gasteiger partial charge < -0.3 is 8.23 Å². The highest BCUT2D eigenvalue weighted by atomic mass is 35.6. The van der Waals surface area contributed by atoms with E-state index in [0.717, 1.165) is 0 Å². The lowest BCUT2D eigenvalue weighted by molar-refractivity contribution is 0.386. The molecule has 0 radical (unpaired) electrons. The SMILES string of the molecule is C[SiH2]Cl.C[SiH](O[Si](C)(C)C(C)(C)C)O[Si](C)(C)C(C)(C)C. The second kappa shape index (κ2) is 8.80. The predicted octanol–water partition coefficient (Wildman–Crippen LogP) is 5.24. The van der Waals surface area contributed by atoms with Crippen molar-refractivity contribution in [2.75, 3.05) is 0 Å². The van der Waals surface area contributed by atoms with Crippen molar-refractivity contribution < 1.29 is 8.23 Å². The molecule has 130 valence electrons. The third kappa shape index (κ3) is 9.07. The Morgan fingerprint density at radius 1 is 0.810 bits per heavy atom. The maximum Gasteiger partial charge on any atom is 0.297 e. The fraction of sp³-hybridized carbons (Fsp3) is 1.00. The smallest absolute Gasteiger partial charge is 0.297 e. The second-order valence-electron chi connectivity index (χ2n) is 8.59. The zero-order valence-electron chi connectivity index (χ0n) is 16.5. The van der Waals surface area contributed by atoms with Gasteiger partial charge in [0.05, 0.1) is 0 Å². The molecule has 2 nitrogen and oxygen atoms in total. The first kappa shape index (κ1) is 24.3. The summed E-state index contributed by atoms with van der Waals surface area (Å²) in [5, 5.41) is 0.538. The molecular weight excluding hydrogens is 348 g/mol. The lowest BCUT2D eigenvalue weighted by Gasteiger charge is -2.43. The minimum Gasteiger partial charge on any atom is -0.438 e. The lowest BCUT2D eigenvalue weighted by Crippen LogP contribution is -2.51. The van der Waals surface area contributed by atoms with Gasteiger partial charge in [0.15, 0.2) is 16.6 Å². The second-order valence-corrected chi connectivity index (χ2v) is 22.8. The Morgan fingerprint density at radius 2 is 1.00 bits per heavy atom. The molecule has 0 aliphatic carbocycles. The summed E-state index contributed by atoms with van der Waals surface area (Å²) >= 11 is 5.14. The van der Waals surface area contributed by atoms with Crippen molar-refractivity contribution in [3.8, 4) is 0 Å². The summed E-state index contributed by atoms with van der Waals surface area (Å²) in [4.78, 5) is 0. The van der Waals surface area contributed by atoms with Gasteiger partial charge in [-0.1, -0.05) is 48.1 Å². The number of rotatable bonds is 4. The minimum atomic E-state index is -1.67. The summed E-state index contributed by atoms with van der Waals surface area (Å²) < 4.78 is 12.8. The van der Waals surface area contributed by atoms with Crippen LogP contribution in [0.5, 0.6) is 0 Å². The first-order chi connectivity index (χ1) is 9.02. The van der Waals surface area contributed by atoms with E-state index in [1.54, 1.807) is 0 Å². The Morgan fingerprint density at radius 3 is 1.14 bits per heavy atom. The van der Waals surface area contributed by atoms with Crippen LogP contribution in [0.25, 0.3) is 0 Å². The first-order valence-electron chi connectivity index (χ1n) is 7.93. The largest absolute Gasteiger partial charge is 0.438 e. The molecule has 0 heterocycles. The van der Waals surface area contributed by atoms with Crippen LogP contribution in [0.2, 0.25) is 49.4 Å². The average molecular weight is 387 g/mol. The molecule has 0 aliphatic heterocycles. The van der Waals surface area contributed by atoms with Crippen molar-refractivity contribution in [1.29, 1.82) is 0 Å². The summed E-state index contributed by atoms with van der Waals surface area (Å²) in [5.74, 6) is 0. The number of halogens is 1. The van der Waals surface area contributed by atoms with Gasteiger partial charge in [-0.15, -0.1) is 0 Å². The molecule has 0 saturated carbocycles. The van der Waals surface area contributed by atoms with E-state index < -0.39 is 25.9 Å². The van der Waals surface area contributed by atoms with E-state index in [-0.39, 0.29) is 18.9 Å². The van der Waals surface area contributed by atoms with Crippen LogP contribution in [-0.4, -0.2) is 34.7 Å². The number of hydrogen-bond acceptors (Lipinski definition) is 2. The summed E-state index contributed by atoms with van der Waals surface area (Å²) in [7, 11) is -4.98. The molecule has 0 atom stereocenters. The van der Waals surface area contributed by atoms with Gasteiger partial charge >= 0.3 is 0 Å². The number of hydrogen-bond donors (Lipinski definition) is 0. The van der Waals surface area contributed by atoms with Gasteiger partial charge in [-0.25, -0.2) is 0 Å². The molecule has 0 rings (SSSR count). The summed E-state index contributed by atoms with van der Waals surface area (Å²) in [6.45, 7) is 27.2. The van der Waals surface area contributed by atoms with Gasteiger partial charge in [-0.3, -0.25) is 0 Å². The van der Waals surface area contributed by atoms with Crippen LogP contribution < -0.4 is 0 Å². The Labute approximate surface area is 145 Å². The van der Waals surface area contributed by atoms with Crippen LogP contribution in [0.4, 0.5) is 0 Å². The van der Waals surface area contributed by atoms with Crippen molar-refractivity contribution in [3.63, 3.8) is 0 Å². The predicted molar refractivity (Wildman–Crippen MR) is 110 cm³/mol. The van der Waals surface area contributed by atoms with Crippen molar-refractivity contribution >= 4 is 45.8 Å². The molecule has 7 heteroatoms. The van der Waals surface area contributed by atoms with Crippen molar-refractivity contribution in [2.45, 2.75) is 90.9 Å². The van der Waals surface area contributed by atoms with Gasteiger partial charge in [0.25, 0.3) is 9.28 Å². The Kier molecular flexibility index (Phi) is 10.2. The average Bonchev–Trinajstić information content (AvgIpc) is 2.12. The minimum absolute atomic E-state index is 0.111. The van der Waals surface area contributed by atoms with E-state index in [1.807, 2.05) is 6.55 Å². The third-order valence-corrected chi connectivity index (χ3v) is 19.1. The molecular formula is C14H39ClO2Si4. The van der Waals surface area contributed by atoms with Gasteiger partial charge in [-0.2, -0.15) is 11.1 Å². The van der Waals surface area contributed by atoms with Crippen LogP contribution in [0.3, 0.4) is 0 Å². The van der Waals surface area contributed by atoms with Gasteiger partial charge in [0.1, 0.15) is 8.83 Å². The molecule has 0 N–H and O–H groups in total. The van der Waals surface area contributed by atoms with E-state index in [2.05, 4.69) is 74.3 Å². The van der Waals surface area contributed by atoms with E-state index in [4.69, 9.17) is 19.3 Å². The summed E-state index contributed by atoms with van der Waals surface area (Å²) in [6, 6.07) is 0. The van der Waals surface area contributed by atoms with Gasteiger partial charge in [0.2, 0.25) is 0 Å². The summed E-state index contributed by atoms with van der Waals surface area (Å²) in [5.41, 5.74) is 0. The quantitative estimate of drug-likeness (QED) is 0.485. The van der Waals surface area contributed by atoms with Gasteiger partial charge in [-0.05, 0) is 42.8 Å².